The van der Waals surface area contributed by atoms with E-state index in [9.17, 15) is 0 Å². The topological polar surface area (TPSA) is 77.8 Å². The summed E-state index contributed by atoms with van der Waals surface area (Å²) in [5.74, 6) is 1.01. The first-order valence-corrected chi connectivity index (χ1v) is 5.87. The lowest BCUT2D eigenvalue weighted by atomic mass is 9.75. The highest BCUT2D eigenvalue weighted by atomic mass is 16.5. The van der Waals surface area contributed by atoms with E-state index in [0.29, 0.717) is 17.4 Å². The summed E-state index contributed by atoms with van der Waals surface area (Å²) >= 11 is 0. The van der Waals surface area contributed by atoms with E-state index in [-0.39, 0.29) is 0 Å². The number of nitrogens with two attached hydrogens (primary N) is 1. The maximum Gasteiger partial charge on any atom is 0.234 e. The molecule has 5 nitrogen and oxygen atoms in total. The van der Waals surface area contributed by atoms with Gasteiger partial charge in [-0.25, -0.2) is 0 Å². The molecule has 0 aromatic carbocycles. The van der Waals surface area contributed by atoms with Crippen molar-refractivity contribution in [3.63, 3.8) is 0 Å². The highest BCUT2D eigenvalue weighted by Crippen LogP contribution is 2.32. The summed E-state index contributed by atoms with van der Waals surface area (Å²) in [6.45, 7) is 7.86. The number of rotatable bonds is 3. The average Bonchev–Trinajstić information content (AvgIpc) is 2.78. The zero-order chi connectivity index (χ0) is 13.4. The van der Waals surface area contributed by atoms with Crippen molar-refractivity contribution in [3.8, 4) is 11.5 Å². The molecule has 18 heavy (non-hydrogen) atoms. The zero-order valence-electron chi connectivity index (χ0n) is 11.1. The second kappa shape index (κ2) is 4.17. The Balaban J connectivity index is 2.38. The Bertz CT molecular complexity index is 525. The molecule has 2 aromatic rings. The van der Waals surface area contributed by atoms with Crippen molar-refractivity contribution in [2.45, 2.75) is 38.6 Å². The first-order valence-electron chi connectivity index (χ1n) is 5.87. The zero-order valence-corrected chi connectivity index (χ0v) is 11.1. The van der Waals surface area contributed by atoms with Crippen LogP contribution in [0.2, 0.25) is 0 Å². The van der Waals surface area contributed by atoms with E-state index in [1.54, 1.807) is 6.20 Å². The summed E-state index contributed by atoms with van der Waals surface area (Å²) in [4.78, 5) is 8.59. The van der Waals surface area contributed by atoms with Gasteiger partial charge in [0.25, 0.3) is 0 Å². The van der Waals surface area contributed by atoms with Crippen LogP contribution < -0.4 is 5.73 Å². The Morgan fingerprint density at radius 2 is 1.89 bits per heavy atom. The maximum absolute atomic E-state index is 6.15. The van der Waals surface area contributed by atoms with Crippen molar-refractivity contribution in [2.75, 3.05) is 0 Å². The molecule has 0 atom stereocenters. The van der Waals surface area contributed by atoms with Crippen molar-refractivity contribution in [1.82, 2.24) is 15.1 Å². The van der Waals surface area contributed by atoms with E-state index < -0.39 is 11.0 Å². The van der Waals surface area contributed by atoms with E-state index in [1.165, 1.54) is 0 Å². The van der Waals surface area contributed by atoms with Gasteiger partial charge >= 0.3 is 0 Å². The molecule has 96 valence electrons. The van der Waals surface area contributed by atoms with Crippen LogP contribution in [0.1, 0.15) is 33.6 Å². The number of pyridine rings is 1. The largest absolute Gasteiger partial charge is 0.338 e. The van der Waals surface area contributed by atoms with Gasteiger partial charge in [-0.3, -0.25) is 4.98 Å². The van der Waals surface area contributed by atoms with Crippen LogP contribution in [0.15, 0.2) is 28.9 Å². The second-order valence-electron chi connectivity index (χ2n) is 5.48. The first-order chi connectivity index (χ1) is 8.32. The molecule has 2 aromatic heterocycles. The molecule has 0 aliphatic rings. The van der Waals surface area contributed by atoms with Gasteiger partial charge in [-0.1, -0.05) is 11.2 Å². The molecule has 0 aliphatic heterocycles. The fraction of sp³-hybridized carbons (Fsp3) is 0.462. The summed E-state index contributed by atoms with van der Waals surface area (Å²) in [5.41, 5.74) is 5.98. The molecule has 0 fully saturated rings. The van der Waals surface area contributed by atoms with Gasteiger partial charge in [0.1, 0.15) is 5.69 Å². The minimum absolute atomic E-state index is 0.410. The summed E-state index contributed by atoms with van der Waals surface area (Å²) in [5, 5.41) is 3.96. The van der Waals surface area contributed by atoms with Gasteiger partial charge in [-0.15, -0.1) is 0 Å². The molecule has 0 amide bonds. The molecule has 5 heteroatoms. The van der Waals surface area contributed by atoms with Crippen LogP contribution in [0.5, 0.6) is 0 Å². The highest BCUT2D eigenvalue weighted by molar-refractivity contribution is 5.47. The van der Waals surface area contributed by atoms with Gasteiger partial charge in [0.15, 0.2) is 0 Å². The van der Waals surface area contributed by atoms with Gasteiger partial charge in [0.05, 0.1) is 5.41 Å². The van der Waals surface area contributed by atoms with Crippen molar-refractivity contribution < 1.29 is 4.52 Å². The average molecular weight is 246 g/mol. The molecule has 0 bridgehead atoms. The third-order valence-electron chi connectivity index (χ3n) is 3.47. The van der Waals surface area contributed by atoms with Crippen LogP contribution in [0, 0.1) is 0 Å². The van der Waals surface area contributed by atoms with E-state index in [1.807, 2.05) is 45.9 Å². The fourth-order valence-corrected chi connectivity index (χ4v) is 1.35. The van der Waals surface area contributed by atoms with Crippen molar-refractivity contribution in [3.05, 3.63) is 30.3 Å². The van der Waals surface area contributed by atoms with Crippen molar-refractivity contribution in [2.24, 2.45) is 5.73 Å². The molecular weight excluding hydrogens is 228 g/mol. The lowest BCUT2D eigenvalue weighted by Gasteiger charge is -2.34. The van der Waals surface area contributed by atoms with Crippen LogP contribution in [0.25, 0.3) is 11.5 Å². The van der Waals surface area contributed by atoms with Crippen LogP contribution in [-0.4, -0.2) is 20.7 Å². The lowest BCUT2D eigenvalue weighted by Crippen LogP contribution is -2.50. The van der Waals surface area contributed by atoms with Gasteiger partial charge in [-0.05, 0) is 39.8 Å². The molecule has 0 unspecified atom stereocenters. The standard InChI is InChI=1S/C13H18N4O/c1-12(2,13(3,4)14)11-16-10(17-18-11)9-7-5-6-8-15-9/h5-8H,14H2,1-4H3. The molecule has 0 saturated heterocycles. The van der Waals surface area contributed by atoms with Gasteiger partial charge in [0.2, 0.25) is 11.7 Å². The van der Waals surface area contributed by atoms with Crippen molar-refractivity contribution >= 4 is 0 Å². The van der Waals surface area contributed by atoms with E-state index in [4.69, 9.17) is 10.3 Å². The number of hydrogen-bond acceptors (Lipinski definition) is 5. The third kappa shape index (κ3) is 2.13. The van der Waals surface area contributed by atoms with Gasteiger partial charge < -0.3 is 10.3 Å². The van der Waals surface area contributed by atoms with Gasteiger partial charge in [-0.2, -0.15) is 4.98 Å². The Kier molecular flexibility index (Phi) is 2.94. The minimum atomic E-state index is -0.457. The Morgan fingerprint density at radius 1 is 1.17 bits per heavy atom. The predicted molar refractivity (Wildman–Crippen MR) is 68.8 cm³/mol. The lowest BCUT2D eigenvalue weighted by molar-refractivity contribution is 0.223. The summed E-state index contributed by atoms with van der Waals surface area (Å²) in [7, 11) is 0. The molecule has 0 aliphatic carbocycles. The fourth-order valence-electron chi connectivity index (χ4n) is 1.35. The van der Waals surface area contributed by atoms with E-state index in [2.05, 4.69) is 15.1 Å². The number of nitrogens with zero attached hydrogens (tertiary/aromatic N) is 3. The molecule has 0 saturated carbocycles. The molecule has 0 radical (unpaired) electrons. The Morgan fingerprint density at radius 3 is 2.44 bits per heavy atom. The van der Waals surface area contributed by atoms with Gasteiger partial charge in [0, 0.05) is 11.7 Å². The third-order valence-corrected chi connectivity index (χ3v) is 3.47. The monoisotopic (exact) mass is 246 g/mol. The summed E-state index contributed by atoms with van der Waals surface area (Å²) in [6.07, 6.45) is 1.70. The predicted octanol–water partition coefficient (Wildman–Crippen LogP) is 2.15. The Hall–Kier alpha value is -1.75. The molecule has 2 heterocycles. The van der Waals surface area contributed by atoms with Crippen LogP contribution in [0.4, 0.5) is 0 Å². The molecule has 0 spiro atoms. The maximum atomic E-state index is 6.15. The van der Waals surface area contributed by atoms with Crippen LogP contribution in [0.3, 0.4) is 0 Å². The normalized spacial score (nSPS) is 12.7. The van der Waals surface area contributed by atoms with E-state index >= 15 is 0 Å². The minimum Gasteiger partial charge on any atom is -0.338 e. The van der Waals surface area contributed by atoms with E-state index in [0.717, 1.165) is 0 Å². The summed E-state index contributed by atoms with van der Waals surface area (Å²) in [6, 6.07) is 5.57. The number of aromatic nitrogens is 3. The SMILES string of the molecule is CC(C)(N)C(C)(C)c1nc(-c2ccccn2)no1. The molecular formula is C13H18N4O. The summed E-state index contributed by atoms with van der Waals surface area (Å²) < 4.78 is 5.33. The highest BCUT2D eigenvalue weighted by Gasteiger charge is 2.40. The molecule has 2 rings (SSSR count). The first kappa shape index (κ1) is 12.7. The van der Waals surface area contributed by atoms with Crippen LogP contribution >= 0.6 is 0 Å². The second-order valence-corrected chi connectivity index (χ2v) is 5.48. The number of hydrogen-bond donors (Lipinski definition) is 1. The smallest absolute Gasteiger partial charge is 0.234 e. The quantitative estimate of drug-likeness (QED) is 0.897. The van der Waals surface area contributed by atoms with Crippen molar-refractivity contribution in [1.29, 1.82) is 0 Å². The Labute approximate surface area is 106 Å². The van der Waals surface area contributed by atoms with Crippen LogP contribution in [-0.2, 0) is 5.41 Å². The molecule has 2 N–H and O–H groups in total.